The Balaban J connectivity index is 1.13. The summed E-state index contributed by atoms with van der Waals surface area (Å²) in [5.41, 5.74) is 12.6. The summed E-state index contributed by atoms with van der Waals surface area (Å²) in [6.45, 7) is 2.11. The maximum absolute atomic E-state index is 6.24. The van der Waals surface area contributed by atoms with Gasteiger partial charge in [-0.05, 0) is 58.0 Å². The molecular weight excluding hydrogens is 611 g/mol. The van der Waals surface area contributed by atoms with E-state index >= 15 is 0 Å². The molecule has 0 amide bonds. The van der Waals surface area contributed by atoms with Gasteiger partial charge >= 0.3 is 0 Å². The molecular formula is C46H31N3O. The average molecular weight is 642 g/mol. The number of furan rings is 1. The molecule has 7 aromatic carbocycles. The molecule has 2 aromatic heterocycles. The second kappa shape index (κ2) is 12.4. The van der Waals surface area contributed by atoms with Gasteiger partial charge in [0, 0.05) is 27.5 Å². The van der Waals surface area contributed by atoms with Crippen molar-refractivity contribution in [3.05, 3.63) is 175 Å². The molecule has 9 rings (SSSR count). The van der Waals surface area contributed by atoms with Gasteiger partial charge in [0.05, 0.1) is 0 Å². The predicted octanol–water partition coefficient (Wildman–Crippen LogP) is 12.1. The third-order valence-corrected chi connectivity index (χ3v) is 9.21. The number of para-hydroxylation sites is 1. The summed E-state index contributed by atoms with van der Waals surface area (Å²) in [6.07, 6.45) is 0. The standard InChI is InChI=1S/C46H31N3O/c1-30-28-40(43-39-14-8-9-15-41(39)50-42(43)29-30)35-20-26-38(27-21-35)46-48-44(36-22-16-33(17-23-36)31-10-4-2-5-11-31)47-45(49-46)37-24-18-34(19-25-37)32-12-6-3-7-13-32/h2-29H,1H3. The average Bonchev–Trinajstić information content (AvgIpc) is 3.56. The van der Waals surface area contributed by atoms with Crippen LogP contribution in [0.15, 0.2) is 174 Å². The van der Waals surface area contributed by atoms with Crippen molar-refractivity contribution in [2.75, 3.05) is 0 Å². The van der Waals surface area contributed by atoms with E-state index in [4.69, 9.17) is 19.4 Å². The van der Waals surface area contributed by atoms with Crippen LogP contribution in [0.3, 0.4) is 0 Å². The van der Waals surface area contributed by atoms with Crippen LogP contribution in [0.25, 0.3) is 89.5 Å². The number of aromatic nitrogens is 3. The third kappa shape index (κ3) is 5.53. The van der Waals surface area contributed by atoms with Gasteiger partial charge in [0.15, 0.2) is 17.5 Å². The van der Waals surface area contributed by atoms with E-state index in [2.05, 4.69) is 153 Å². The van der Waals surface area contributed by atoms with Crippen molar-refractivity contribution >= 4 is 21.9 Å². The van der Waals surface area contributed by atoms with Gasteiger partial charge in [0.1, 0.15) is 11.2 Å². The van der Waals surface area contributed by atoms with Crippen LogP contribution in [0.2, 0.25) is 0 Å². The number of hydrogen-bond donors (Lipinski definition) is 0. The van der Waals surface area contributed by atoms with Gasteiger partial charge in [-0.25, -0.2) is 15.0 Å². The Labute approximate surface area is 290 Å². The van der Waals surface area contributed by atoms with E-state index < -0.39 is 0 Å². The number of rotatable bonds is 6. The third-order valence-electron chi connectivity index (χ3n) is 9.21. The largest absolute Gasteiger partial charge is 0.456 e. The molecule has 0 N–H and O–H groups in total. The minimum Gasteiger partial charge on any atom is -0.456 e. The number of benzene rings is 7. The first-order valence-electron chi connectivity index (χ1n) is 16.8. The molecule has 0 fully saturated rings. The van der Waals surface area contributed by atoms with Crippen LogP contribution in [0.5, 0.6) is 0 Å². The summed E-state index contributed by atoms with van der Waals surface area (Å²) in [5, 5.41) is 2.24. The molecule has 0 radical (unpaired) electrons. The Kier molecular flexibility index (Phi) is 7.33. The number of fused-ring (bicyclic) bond motifs is 3. The van der Waals surface area contributed by atoms with Crippen molar-refractivity contribution in [3.63, 3.8) is 0 Å². The van der Waals surface area contributed by atoms with Gasteiger partial charge in [-0.1, -0.05) is 158 Å². The van der Waals surface area contributed by atoms with E-state index in [0.717, 1.165) is 66.4 Å². The maximum atomic E-state index is 6.24. The highest BCUT2D eigenvalue weighted by atomic mass is 16.3. The molecule has 0 unspecified atom stereocenters. The van der Waals surface area contributed by atoms with E-state index in [0.29, 0.717) is 17.5 Å². The van der Waals surface area contributed by atoms with Gasteiger partial charge in [0.2, 0.25) is 0 Å². The Morgan fingerprint density at radius 2 is 0.760 bits per heavy atom. The molecule has 0 aliphatic heterocycles. The summed E-state index contributed by atoms with van der Waals surface area (Å²) < 4.78 is 6.24. The van der Waals surface area contributed by atoms with Crippen molar-refractivity contribution in [1.82, 2.24) is 15.0 Å². The summed E-state index contributed by atoms with van der Waals surface area (Å²) in [6, 6.07) is 58.7. The normalized spacial score (nSPS) is 11.3. The minimum absolute atomic E-state index is 0.624. The zero-order chi connectivity index (χ0) is 33.4. The number of hydrogen-bond acceptors (Lipinski definition) is 4. The fourth-order valence-corrected chi connectivity index (χ4v) is 6.67. The SMILES string of the molecule is Cc1cc(-c2ccc(-c3nc(-c4ccc(-c5ccccc5)cc4)nc(-c4ccc(-c5ccccc5)cc4)n3)cc2)c2c(c1)oc1ccccc12. The fourth-order valence-electron chi connectivity index (χ4n) is 6.67. The van der Waals surface area contributed by atoms with Crippen LogP contribution in [0, 0.1) is 6.92 Å². The topological polar surface area (TPSA) is 51.8 Å². The monoisotopic (exact) mass is 641 g/mol. The maximum Gasteiger partial charge on any atom is 0.164 e. The van der Waals surface area contributed by atoms with Gasteiger partial charge in [-0.15, -0.1) is 0 Å². The molecule has 0 atom stereocenters. The lowest BCUT2D eigenvalue weighted by Gasteiger charge is -2.11. The van der Waals surface area contributed by atoms with E-state index in [1.165, 1.54) is 11.1 Å². The van der Waals surface area contributed by atoms with Gasteiger partial charge in [0.25, 0.3) is 0 Å². The molecule has 0 saturated carbocycles. The van der Waals surface area contributed by atoms with Crippen LogP contribution in [-0.2, 0) is 0 Å². The molecule has 236 valence electrons. The molecule has 4 heteroatoms. The second-order valence-electron chi connectivity index (χ2n) is 12.6. The quantitative estimate of drug-likeness (QED) is 0.181. The number of nitrogens with zero attached hydrogens (tertiary/aromatic N) is 3. The first-order chi connectivity index (χ1) is 24.7. The summed E-state index contributed by atoms with van der Waals surface area (Å²) >= 11 is 0. The molecule has 0 aliphatic carbocycles. The highest BCUT2D eigenvalue weighted by Crippen LogP contribution is 2.38. The first kappa shape index (κ1) is 29.5. The zero-order valence-electron chi connectivity index (χ0n) is 27.4. The molecule has 9 aromatic rings. The van der Waals surface area contributed by atoms with Crippen LogP contribution in [0.4, 0.5) is 0 Å². The van der Waals surface area contributed by atoms with E-state index in [-0.39, 0.29) is 0 Å². The van der Waals surface area contributed by atoms with Crippen LogP contribution < -0.4 is 0 Å². The fraction of sp³-hybridized carbons (Fsp3) is 0.0217. The second-order valence-corrected chi connectivity index (χ2v) is 12.6. The minimum atomic E-state index is 0.624. The van der Waals surface area contributed by atoms with Crippen molar-refractivity contribution in [2.24, 2.45) is 0 Å². The predicted molar refractivity (Wildman–Crippen MR) is 204 cm³/mol. The van der Waals surface area contributed by atoms with E-state index in [9.17, 15) is 0 Å². The van der Waals surface area contributed by atoms with Crippen molar-refractivity contribution in [1.29, 1.82) is 0 Å². The van der Waals surface area contributed by atoms with E-state index in [1.807, 2.05) is 24.3 Å². The van der Waals surface area contributed by atoms with Crippen molar-refractivity contribution in [3.8, 4) is 67.5 Å². The lowest BCUT2D eigenvalue weighted by atomic mass is 9.96. The van der Waals surface area contributed by atoms with Crippen molar-refractivity contribution < 1.29 is 4.42 Å². The smallest absolute Gasteiger partial charge is 0.164 e. The highest BCUT2D eigenvalue weighted by molar-refractivity contribution is 6.12. The number of aryl methyl sites for hydroxylation is 1. The van der Waals surface area contributed by atoms with E-state index in [1.54, 1.807) is 0 Å². The van der Waals surface area contributed by atoms with Gasteiger partial charge < -0.3 is 4.42 Å². The molecule has 0 spiro atoms. The molecule has 0 saturated heterocycles. The zero-order valence-corrected chi connectivity index (χ0v) is 27.4. The lowest BCUT2D eigenvalue weighted by molar-refractivity contribution is 0.668. The Hall–Kier alpha value is -6.65. The van der Waals surface area contributed by atoms with Crippen LogP contribution in [-0.4, -0.2) is 15.0 Å². The van der Waals surface area contributed by atoms with Crippen molar-refractivity contribution in [2.45, 2.75) is 6.92 Å². The molecule has 50 heavy (non-hydrogen) atoms. The molecule has 2 heterocycles. The molecule has 0 bridgehead atoms. The first-order valence-corrected chi connectivity index (χ1v) is 16.8. The summed E-state index contributed by atoms with van der Waals surface area (Å²) in [5.74, 6) is 1.89. The Morgan fingerprint density at radius 3 is 1.26 bits per heavy atom. The van der Waals surface area contributed by atoms with Crippen LogP contribution in [0.1, 0.15) is 5.56 Å². The molecule has 0 aliphatic rings. The van der Waals surface area contributed by atoms with Crippen LogP contribution >= 0.6 is 0 Å². The summed E-state index contributed by atoms with van der Waals surface area (Å²) in [4.78, 5) is 15.1. The van der Waals surface area contributed by atoms with Gasteiger partial charge in [-0.3, -0.25) is 0 Å². The Bertz CT molecular complexity index is 2510. The lowest BCUT2D eigenvalue weighted by Crippen LogP contribution is -2.00. The van der Waals surface area contributed by atoms with Gasteiger partial charge in [-0.2, -0.15) is 0 Å². The molecule has 4 nitrogen and oxygen atoms in total. The highest BCUT2D eigenvalue weighted by Gasteiger charge is 2.16. The Morgan fingerprint density at radius 1 is 0.360 bits per heavy atom. The summed E-state index contributed by atoms with van der Waals surface area (Å²) in [7, 11) is 0.